The maximum absolute atomic E-state index is 12.9. The highest BCUT2D eigenvalue weighted by molar-refractivity contribution is 6.07. The minimum absolute atomic E-state index is 0.0478. The summed E-state index contributed by atoms with van der Waals surface area (Å²) in [5.41, 5.74) is 1.99. The smallest absolute Gasteiger partial charge is 0.251 e. The van der Waals surface area contributed by atoms with Crippen LogP contribution in [0.25, 0.3) is 0 Å². The summed E-state index contributed by atoms with van der Waals surface area (Å²) in [5, 5.41) is 2.48. The number of hydrogen-bond donors (Lipinski definition) is 1. The van der Waals surface area contributed by atoms with Crippen LogP contribution in [-0.4, -0.2) is 64.7 Å². The molecule has 0 saturated carbocycles. The Morgan fingerprint density at radius 3 is 2.30 bits per heavy atom. The van der Waals surface area contributed by atoms with E-state index in [9.17, 15) is 14.4 Å². The standard InChI is InChI=1S/C29H43NO7/c1-19-15-22(4)27(36-7)25(32)17-23(18-31)30-29(33)21(3)12-10-14-26(35-6)28(37-8)20(2)11-9-13-24(16-19)34-5/h10-12,14,17-19,24,26,28H,9,13,15-16H2,1-8H3,(H,30,33)/b14-10-,20-11+,21-12+,23-17+,27-22-/t19-,24?,26?,28?/m1/s1. The molecule has 8 heteroatoms. The Labute approximate surface area is 221 Å². The number of ketones is 1. The molecule has 1 aliphatic rings. The molecular weight excluding hydrogens is 474 g/mol. The molecule has 0 saturated heterocycles. The average molecular weight is 518 g/mol. The lowest BCUT2D eigenvalue weighted by Gasteiger charge is -2.24. The van der Waals surface area contributed by atoms with Crippen molar-refractivity contribution in [1.82, 2.24) is 5.32 Å². The van der Waals surface area contributed by atoms with Crippen LogP contribution in [0.15, 0.2) is 58.6 Å². The Morgan fingerprint density at radius 2 is 1.73 bits per heavy atom. The van der Waals surface area contributed by atoms with Gasteiger partial charge in [0.2, 0.25) is 5.78 Å². The maximum Gasteiger partial charge on any atom is 0.251 e. The fourth-order valence-electron chi connectivity index (χ4n) is 4.38. The van der Waals surface area contributed by atoms with Gasteiger partial charge in [0.25, 0.3) is 5.91 Å². The van der Waals surface area contributed by atoms with Crippen molar-refractivity contribution in [2.75, 3.05) is 28.4 Å². The van der Waals surface area contributed by atoms with Crippen molar-refractivity contribution in [1.29, 1.82) is 0 Å². The molecule has 0 radical (unpaired) electrons. The van der Waals surface area contributed by atoms with Gasteiger partial charge in [-0.3, -0.25) is 14.4 Å². The number of nitrogens with one attached hydrogen (secondary N) is 1. The monoisotopic (exact) mass is 517 g/mol. The molecule has 8 nitrogen and oxygen atoms in total. The molecule has 4 atom stereocenters. The van der Waals surface area contributed by atoms with E-state index >= 15 is 0 Å². The number of hydrogen-bond acceptors (Lipinski definition) is 7. The lowest BCUT2D eigenvalue weighted by Crippen LogP contribution is -2.29. The molecular formula is C29H43NO7. The summed E-state index contributed by atoms with van der Waals surface area (Å²) in [5.74, 6) is -0.613. The number of aldehydes is 1. The molecule has 0 bridgehead atoms. The van der Waals surface area contributed by atoms with Gasteiger partial charge in [0.15, 0.2) is 12.0 Å². The number of rotatable bonds is 5. The predicted molar refractivity (Wildman–Crippen MR) is 144 cm³/mol. The quantitative estimate of drug-likeness (QED) is 0.427. The van der Waals surface area contributed by atoms with Crippen LogP contribution < -0.4 is 5.32 Å². The minimum Gasteiger partial charge on any atom is -0.493 e. The van der Waals surface area contributed by atoms with Crippen LogP contribution in [0.2, 0.25) is 0 Å². The molecule has 37 heavy (non-hydrogen) atoms. The molecule has 0 aromatic rings. The number of amides is 1. The average Bonchev–Trinajstić information content (AvgIpc) is 2.86. The third-order valence-electron chi connectivity index (χ3n) is 6.37. The lowest BCUT2D eigenvalue weighted by molar-refractivity contribution is -0.118. The SMILES string of the molecule is CO/C1=C(/C)C[C@@H](C)CC(OC)CC/C=C(\C)C(OC)C(OC)/C=C\C=C(/C)C(=O)N/C(C=O)=C/C1=O. The van der Waals surface area contributed by atoms with Gasteiger partial charge in [0, 0.05) is 33.0 Å². The van der Waals surface area contributed by atoms with Gasteiger partial charge in [-0.1, -0.05) is 31.2 Å². The van der Waals surface area contributed by atoms with Crippen molar-refractivity contribution >= 4 is 18.0 Å². The molecule has 1 rings (SSSR count). The summed E-state index contributed by atoms with van der Waals surface area (Å²) in [4.78, 5) is 37.1. The molecule has 1 N–H and O–H groups in total. The van der Waals surface area contributed by atoms with Gasteiger partial charge in [-0.2, -0.15) is 0 Å². The summed E-state index contributed by atoms with van der Waals surface area (Å²) in [6.07, 6.45) is 11.2. The Hall–Kier alpha value is -2.81. The number of carbonyl (C=O) groups is 3. The first kappa shape index (κ1) is 32.2. The van der Waals surface area contributed by atoms with Gasteiger partial charge in [0.05, 0.1) is 18.9 Å². The maximum atomic E-state index is 12.9. The van der Waals surface area contributed by atoms with Crippen molar-refractivity contribution in [3.63, 3.8) is 0 Å². The van der Waals surface area contributed by atoms with Crippen molar-refractivity contribution in [2.45, 2.75) is 71.7 Å². The molecule has 206 valence electrons. The molecule has 0 aliphatic carbocycles. The summed E-state index contributed by atoms with van der Waals surface area (Å²) < 4.78 is 22.4. The van der Waals surface area contributed by atoms with Crippen LogP contribution in [0.4, 0.5) is 0 Å². The second-order valence-electron chi connectivity index (χ2n) is 9.37. The first-order chi connectivity index (χ1) is 17.6. The third-order valence-corrected chi connectivity index (χ3v) is 6.37. The molecule has 3 unspecified atom stereocenters. The number of methoxy groups -OCH3 is 4. The predicted octanol–water partition coefficient (Wildman–Crippen LogP) is 4.38. The normalized spacial score (nSPS) is 32.9. The molecule has 1 aliphatic heterocycles. The zero-order valence-electron chi connectivity index (χ0n) is 23.5. The molecule has 0 aromatic carbocycles. The zero-order valence-corrected chi connectivity index (χ0v) is 23.5. The highest BCUT2D eigenvalue weighted by atomic mass is 16.5. The van der Waals surface area contributed by atoms with E-state index in [0.717, 1.165) is 36.5 Å². The summed E-state index contributed by atoms with van der Waals surface area (Å²) in [6.45, 7) is 7.55. The van der Waals surface area contributed by atoms with Crippen LogP contribution in [-0.2, 0) is 33.3 Å². The van der Waals surface area contributed by atoms with E-state index in [1.165, 1.54) is 7.11 Å². The van der Waals surface area contributed by atoms with E-state index in [0.29, 0.717) is 18.3 Å². The molecule has 0 fully saturated rings. The number of ether oxygens (including phenoxy) is 4. The van der Waals surface area contributed by atoms with Gasteiger partial charge in [0.1, 0.15) is 12.2 Å². The van der Waals surface area contributed by atoms with Crippen LogP contribution >= 0.6 is 0 Å². The molecule has 1 amide bonds. The Morgan fingerprint density at radius 1 is 1.03 bits per heavy atom. The number of allylic oxidation sites excluding steroid dienone is 6. The van der Waals surface area contributed by atoms with E-state index in [1.54, 1.807) is 40.4 Å². The van der Waals surface area contributed by atoms with Crippen molar-refractivity contribution in [2.24, 2.45) is 5.92 Å². The largest absolute Gasteiger partial charge is 0.493 e. The first-order valence-electron chi connectivity index (χ1n) is 12.5. The Kier molecular flexibility index (Phi) is 14.7. The molecule has 1 heterocycles. The zero-order chi connectivity index (χ0) is 28.0. The van der Waals surface area contributed by atoms with Gasteiger partial charge in [-0.05, 0) is 63.5 Å². The Balaban J connectivity index is 3.43. The van der Waals surface area contributed by atoms with Gasteiger partial charge < -0.3 is 24.3 Å². The second-order valence-corrected chi connectivity index (χ2v) is 9.37. The van der Waals surface area contributed by atoms with E-state index < -0.39 is 11.7 Å². The van der Waals surface area contributed by atoms with Crippen LogP contribution in [0.3, 0.4) is 0 Å². The molecule has 0 spiro atoms. The summed E-state index contributed by atoms with van der Waals surface area (Å²) in [6, 6.07) is 0. The van der Waals surface area contributed by atoms with E-state index in [2.05, 4.69) is 18.3 Å². The second kappa shape index (κ2) is 16.8. The fourth-order valence-corrected chi connectivity index (χ4v) is 4.38. The highest BCUT2D eigenvalue weighted by Crippen LogP contribution is 2.24. The molecule has 0 aromatic heterocycles. The topological polar surface area (TPSA) is 100 Å². The van der Waals surface area contributed by atoms with Crippen LogP contribution in [0.5, 0.6) is 0 Å². The van der Waals surface area contributed by atoms with Gasteiger partial charge in [-0.25, -0.2) is 0 Å². The minimum atomic E-state index is -0.506. The third kappa shape index (κ3) is 10.6. The Bertz CT molecular complexity index is 942. The van der Waals surface area contributed by atoms with E-state index in [4.69, 9.17) is 18.9 Å². The van der Waals surface area contributed by atoms with E-state index in [-0.39, 0.29) is 35.7 Å². The van der Waals surface area contributed by atoms with Crippen molar-refractivity contribution < 1.29 is 33.3 Å². The van der Waals surface area contributed by atoms with Crippen LogP contribution in [0, 0.1) is 5.92 Å². The first-order valence-corrected chi connectivity index (χ1v) is 12.5. The van der Waals surface area contributed by atoms with Gasteiger partial charge in [-0.15, -0.1) is 0 Å². The van der Waals surface area contributed by atoms with Crippen molar-refractivity contribution in [3.8, 4) is 0 Å². The lowest BCUT2D eigenvalue weighted by atomic mass is 9.92. The van der Waals surface area contributed by atoms with E-state index in [1.807, 2.05) is 19.9 Å². The number of carbonyl (C=O) groups excluding carboxylic acids is 3. The van der Waals surface area contributed by atoms with Crippen LogP contribution in [0.1, 0.15) is 53.4 Å². The fraction of sp³-hybridized carbons (Fsp3) is 0.552. The highest BCUT2D eigenvalue weighted by Gasteiger charge is 2.21. The van der Waals surface area contributed by atoms with Crippen molar-refractivity contribution in [3.05, 3.63) is 58.6 Å². The summed E-state index contributed by atoms with van der Waals surface area (Å²) in [7, 11) is 6.36. The van der Waals surface area contributed by atoms with Gasteiger partial charge >= 0.3 is 0 Å². The summed E-state index contributed by atoms with van der Waals surface area (Å²) >= 11 is 0.